The van der Waals surface area contributed by atoms with Crippen LogP contribution in [0.5, 0.6) is 0 Å². The zero-order valence-electron chi connectivity index (χ0n) is 14.9. The second-order valence-electron chi connectivity index (χ2n) is 6.45. The molecule has 1 heterocycles. The number of nitrogens with one attached hydrogen (secondary N) is 1. The smallest absolute Gasteiger partial charge is 0.220 e. The van der Waals surface area contributed by atoms with Gasteiger partial charge in [-0.2, -0.15) is 0 Å². The topological polar surface area (TPSA) is 41.6 Å². The Kier molecular flexibility index (Phi) is 8.64. The maximum absolute atomic E-state index is 11.7. The summed E-state index contributed by atoms with van der Waals surface area (Å²) >= 11 is 1.78. The lowest BCUT2D eigenvalue weighted by Crippen LogP contribution is -2.34. The van der Waals surface area contributed by atoms with E-state index < -0.39 is 0 Å². The van der Waals surface area contributed by atoms with Gasteiger partial charge in [0, 0.05) is 31.5 Å². The van der Waals surface area contributed by atoms with E-state index in [4.69, 9.17) is 4.74 Å². The first kappa shape index (κ1) is 19.3. The summed E-state index contributed by atoms with van der Waals surface area (Å²) in [6.07, 6.45) is 6.17. The Balaban J connectivity index is 1.63. The van der Waals surface area contributed by atoms with Crippen molar-refractivity contribution in [1.29, 1.82) is 0 Å². The molecule has 134 valence electrons. The average molecular weight is 351 g/mol. The van der Waals surface area contributed by atoms with Crippen molar-refractivity contribution in [3.05, 3.63) is 29.8 Å². The summed E-state index contributed by atoms with van der Waals surface area (Å²) in [5.41, 5.74) is 1.39. The van der Waals surface area contributed by atoms with E-state index in [1.54, 1.807) is 18.9 Å². The number of hydrogen-bond acceptors (Lipinski definition) is 4. The molecule has 1 aliphatic heterocycles. The van der Waals surface area contributed by atoms with E-state index in [9.17, 15) is 4.79 Å². The summed E-state index contributed by atoms with van der Waals surface area (Å²) < 4.78 is 4.94. The normalized spacial score (nSPS) is 16.2. The summed E-state index contributed by atoms with van der Waals surface area (Å²) in [6.45, 7) is 4.52. The third-order valence-corrected chi connectivity index (χ3v) is 5.42. The molecule has 1 amide bonds. The third-order valence-electron chi connectivity index (χ3n) is 4.68. The van der Waals surface area contributed by atoms with Gasteiger partial charge in [-0.05, 0) is 62.2 Å². The van der Waals surface area contributed by atoms with Crippen LogP contribution in [0.3, 0.4) is 0 Å². The van der Waals surface area contributed by atoms with Gasteiger partial charge >= 0.3 is 0 Å². The summed E-state index contributed by atoms with van der Waals surface area (Å²) in [4.78, 5) is 15.6. The van der Waals surface area contributed by atoms with Gasteiger partial charge in [-0.25, -0.2) is 0 Å². The van der Waals surface area contributed by atoms with Crippen LogP contribution in [0.15, 0.2) is 29.2 Å². The molecule has 1 aromatic rings. The maximum Gasteiger partial charge on any atom is 0.220 e. The minimum Gasteiger partial charge on any atom is -0.383 e. The molecule has 0 saturated carbocycles. The molecule has 0 unspecified atom stereocenters. The van der Waals surface area contributed by atoms with E-state index in [0.717, 1.165) is 26.1 Å². The van der Waals surface area contributed by atoms with Gasteiger partial charge in [-0.3, -0.25) is 9.69 Å². The van der Waals surface area contributed by atoms with Crippen molar-refractivity contribution in [3.63, 3.8) is 0 Å². The average Bonchev–Trinajstić information content (AvgIpc) is 2.62. The van der Waals surface area contributed by atoms with Crippen LogP contribution >= 0.6 is 11.8 Å². The predicted octanol–water partition coefficient (Wildman–Crippen LogP) is 3.16. The molecule has 0 atom stereocenters. The first-order valence-corrected chi connectivity index (χ1v) is 10.0. The highest BCUT2D eigenvalue weighted by Gasteiger charge is 2.19. The highest BCUT2D eigenvalue weighted by atomic mass is 32.2. The van der Waals surface area contributed by atoms with Crippen molar-refractivity contribution in [2.45, 2.75) is 37.1 Å². The molecule has 4 nitrogen and oxygen atoms in total. The Morgan fingerprint density at radius 3 is 2.62 bits per heavy atom. The molecule has 5 heteroatoms. The number of carbonyl (C=O) groups excluding carboxylic acids is 1. The number of hydrogen-bond donors (Lipinski definition) is 1. The summed E-state index contributed by atoms with van der Waals surface area (Å²) in [5.74, 6) is 0.844. The Morgan fingerprint density at radius 1 is 1.29 bits per heavy atom. The number of rotatable bonds is 9. The molecule has 0 aromatic heterocycles. The fraction of sp³-hybridized carbons (Fsp3) is 0.632. The van der Waals surface area contributed by atoms with Gasteiger partial charge in [-0.1, -0.05) is 12.1 Å². The van der Waals surface area contributed by atoms with Gasteiger partial charge in [-0.15, -0.1) is 11.8 Å². The van der Waals surface area contributed by atoms with Crippen LogP contribution in [0.2, 0.25) is 0 Å². The van der Waals surface area contributed by atoms with Gasteiger partial charge < -0.3 is 10.1 Å². The van der Waals surface area contributed by atoms with Crippen LogP contribution in [-0.4, -0.2) is 50.4 Å². The van der Waals surface area contributed by atoms with Gasteiger partial charge in [0.1, 0.15) is 0 Å². The lowest BCUT2D eigenvalue weighted by molar-refractivity contribution is -0.121. The second-order valence-corrected chi connectivity index (χ2v) is 7.33. The Hall–Kier alpha value is -1.04. The summed E-state index contributed by atoms with van der Waals surface area (Å²) in [5, 5.41) is 2.90. The molecular weight excluding hydrogens is 320 g/mol. The molecule has 1 fully saturated rings. The maximum atomic E-state index is 11.7. The third kappa shape index (κ3) is 6.83. The SMILES string of the molecule is COCCNC(=O)CCC1CCN(Cc2ccc(SC)cc2)CC1. The zero-order chi connectivity index (χ0) is 17.2. The molecular formula is C19H30N2O2S. The van der Waals surface area contributed by atoms with Crippen molar-refractivity contribution in [1.82, 2.24) is 10.2 Å². The highest BCUT2D eigenvalue weighted by molar-refractivity contribution is 7.98. The minimum absolute atomic E-state index is 0.156. The van der Waals surface area contributed by atoms with E-state index in [1.807, 2.05) is 0 Å². The number of piperidine rings is 1. The van der Waals surface area contributed by atoms with E-state index in [0.29, 0.717) is 25.5 Å². The van der Waals surface area contributed by atoms with Crippen LogP contribution in [0.1, 0.15) is 31.2 Å². The summed E-state index contributed by atoms with van der Waals surface area (Å²) in [7, 11) is 1.65. The highest BCUT2D eigenvalue weighted by Crippen LogP contribution is 2.23. The fourth-order valence-corrected chi connectivity index (χ4v) is 3.55. The molecule has 1 aromatic carbocycles. The van der Waals surface area contributed by atoms with Crippen molar-refractivity contribution in [3.8, 4) is 0 Å². The second kappa shape index (κ2) is 10.7. The predicted molar refractivity (Wildman–Crippen MR) is 100 cm³/mol. The molecule has 1 saturated heterocycles. The Labute approximate surface area is 150 Å². The van der Waals surface area contributed by atoms with E-state index in [1.165, 1.54) is 23.3 Å². The van der Waals surface area contributed by atoms with Crippen molar-refractivity contribution in [2.75, 3.05) is 39.6 Å². The molecule has 1 aliphatic rings. The molecule has 24 heavy (non-hydrogen) atoms. The Bertz CT molecular complexity index is 485. The molecule has 0 aliphatic carbocycles. The number of amides is 1. The number of likely N-dealkylation sites (tertiary alicyclic amines) is 1. The monoisotopic (exact) mass is 350 g/mol. The number of thioether (sulfide) groups is 1. The van der Waals surface area contributed by atoms with Crippen molar-refractivity contribution >= 4 is 17.7 Å². The summed E-state index contributed by atoms with van der Waals surface area (Å²) in [6, 6.07) is 8.88. The molecule has 2 rings (SSSR count). The van der Waals surface area contributed by atoms with Gasteiger partial charge in [0.05, 0.1) is 6.61 Å². The zero-order valence-corrected chi connectivity index (χ0v) is 15.7. The van der Waals surface area contributed by atoms with E-state index in [-0.39, 0.29) is 5.91 Å². The number of ether oxygens (including phenoxy) is 1. The molecule has 0 spiro atoms. The van der Waals surface area contributed by atoms with Crippen LogP contribution in [0.25, 0.3) is 0 Å². The van der Waals surface area contributed by atoms with Gasteiger partial charge in [0.15, 0.2) is 0 Å². The lowest BCUT2D eigenvalue weighted by Gasteiger charge is -2.32. The lowest BCUT2D eigenvalue weighted by atomic mass is 9.92. The number of nitrogens with zero attached hydrogens (tertiary/aromatic N) is 1. The van der Waals surface area contributed by atoms with Gasteiger partial charge in [0.25, 0.3) is 0 Å². The largest absolute Gasteiger partial charge is 0.383 e. The number of benzene rings is 1. The van der Waals surface area contributed by atoms with Crippen LogP contribution < -0.4 is 5.32 Å². The van der Waals surface area contributed by atoms with Crippen LogP contribution in [0, 0.1) is 5.92 Å². The van der Waals surface area contributed by atoms with Crippen molar-refractivity contribution < 1.29 is 9.53 Å². The fourth-order valence-electron chi connectivity index (χ4n) is 3.14. The number of methoxy groups -OCH3 is 1. The first-order chi connectivity index (χ1) is 11.7. The quantitative estimate of drug-likeness (QED) is 0.549. The Morgan fingerprint density at radius 2 is 2.00 bits per heavy atom. The van der Waals surface area contributed by atoms with Crippen LogP contribution in [-0.2, 0) is 16.1 Å². The molecule has 0 radical (unpaired) electrons. The van der Waals surface area contributed by atoms with Crippen LogP contribution in [0.4, 0.5) is 0 Å². The standard InChI is InChI=1S/C19H30N2O2S/c1-23-14-11-20-19(22)8-5-16-9-12-21(13-10-16)15-17-3-6-18(24-2)7-4-17/h3-4,6-7,16H,5,8-15H2,1-2H3,(H,20,22). The van der Waals surface area contributed by atoms with Crippen molar-refractivity contribution in [2.24, 2.45) is 5.92 Å². The molecule has 0 bridgehead atoms. The minimum atomic E-state index is 0.156. The van der Waals surface area contributed by atoms with E-state index >= 15 is 0 Å². The van der Waals surface area contributed by atoms with Gasteiger partial charge in [0.2, 0.25) is 5.91 Å². The number of carbonyl (C=O) groups is 1. The molecule has 1 N–H and O–H groups in total. The van der Waals surface area contributed by atoms with E-state index in [2.05, 4.69) is 40.7 Å². The first-order valence-electron chi connectivity index (χ1n) is 8.82.